The van der Waals surface area contributed by atoms with Crippen LogP contribution in [0.25, 0.3) is 0 Å². The van der Waals surface area contributed by atoms with E-state index < -0.39 is 0 Å². The Morgan fingerprint density at radius 3 is 2.90 bits per heavy atom. The Labute approximate surface area is 132 Å². The van der Waals surface area contributed by atoms with Crippen molar-refractivity contribution in [2.75, 3.05) is 0 Å². The van der Waals surface area contributed by atoms with Crippen molar-refractivity contribution < 1.29 is 4.74 Å². The predicted molar refractivity (Wildman–Crippen MR) is 85.4 cm³/mol. The maximum Gasteiger partial charge on any atom is 0.147 e. The molecule has 1 heterocycles. The molecule has 0 fully saturated rings. The van der Waals surface area contributed by atoms with Crippen LogP contribution >= 0.6 is 27.5 Å². The average molecular weight is 356 g/mol. The first-order chi connectivity index (χ1) is 9.58. The van der Waals surface area contributed by atoms with Crippen LogP contribution in [-0.2, 0) is 6.42 Å². The molecule has 0 amide bonds. The SMILES string of the molecule is CCC(N)Cc1cncc(Oc2cc(Br)ccc2Cl)c1. The van der Waals surface area contributed by atoms with Crippen LogP contribution in [0, 0.1) is 0 Å². The van der Waals surface area contributed by atoms with Crippen LogP contribution in [0.3, 0.4) is 0 Å². The highest BCUT2D eigenvalue weighted by atomic mass is 79.9. The van der Waals surface area contributed by atoms with Gasteiger partial charge >= 0.3 is 0 Å². The Bertz CT molecular complexity index is 592. The molecule has 0 bridgehead atoms. The second kappa shape index (κ2) is 7.07. The van der Waals surface area contributed by atoms with Gasteiger partial charge in [-0.1, -0.05) is 34.5 Å². The normalized spacial score (nSPS) is 12.2. The molecular weight excluding hydrogens is 340 g/mol. The molecule has 3 nitrogen and oxygen atoms in total. The van der Waals surface area contributed by atoms with E-state index in [-0.39, 0.29) is 6.04 Å². The summed E-state index contributed by atoms with van der Waals surface area (Å²) in [5.41, 5.74) is 7.01. The minimum absolute atomic E-state index is 0.140. The summed E-state index contributed by atoms with van der Waals surface area (Å²) < 4.78 is 6.69. The van der Waals surface area contributed by atoms with E-state index >= 15 is 0 Å². The van der Waals surface area contributed by atoms with Gasteiger partial charge in [-0.25, -0.2) is 0 Å². The predicted octanol–water partition coefficient (Wildman–Crippen LogP) is 4.57. The number of ether oxygens (including phenoxy) is 1. The highest BCUT2D eigenvalue weighted by Crippen LogP contribution is 2.32. The first-order valence-corrected chi connectivity index (χ1v) is 7.58. The van der Waals surface area contributed by atoms with Crippen LogP contribution in [0.15, 0.2) is 41.1 Å². The van der Waals surface area contributed by atoms with Gasteiger partial charge < -0.3 is 10.5 Å². The lowest BCUT2D eigenvalue weighted by molar-refractivity contribution is 0.478. The van der Waals surface area contributed by atoms with Crippen molar-refractivity contribution in [3.63, 3.8) is 0 Å². The summed E-state index contributed by atoms with van der Waals surface area (Å²) >= 11 is 9.50. The highest BCUT2D eigenvalue weighted by Gasteiger charge is 2.07. The molecule has 0 spiro atoms. The van der Waals surface area contributed by atoms with Crippen LogP contribution in [0.4, 0.5) is 0 Å². The molecule has 1 aromatic heterocycles. The number of benzene rings is 1. The molecule has 0 radical (unpaired) electrons. The van der Waals surface area contributed by atoms with Gasteiger partial charge in [-0.2, -0.15) is 0 Å². The number of rotatable bonds is 5. The zero-order chi connectivity index (χ0) is 14.5. The van der Waals surface area contributed by atoms with Gasteiger partial charge in [-0.05, 0) is 42.7 Å². The lowest BCUT2D eigenvalue weighted by Gasteiger charge is -2.11. The first kappa shape index (κ1) is 15.3. The molecule has 1 aromatic carbocycles. The van der Waals surface area contributed by atoms with E-state index in [2.05, 4.69) is 27.8 Å². The van der Waals surface area contributed by atoms with Gasteiger partial charge in [0.15, 0.2) is 0 Å². The van der Waals surface area contributed by atoms with Crippen molar-refractivity contribution in [1.29, 1.82) is 0 Å². The van der Waals surface area contributed by atoms with Crippen LogP contribution in [0.2, 0.25) is 5.02 Å². The zero-order valence-corrected chi connectivity index (χ0v) is 13.5. The molecule has 1 atom stereocenters. The molecule has 2 rings (SSSR count). The monoisotopic (exact) mass is 354 g/mol. The van der Waals surface area contributed by atoms with E-state index in [1.165, 1.54) is 0 Å². The van der Waals surface area contributed by atoms with Crippen molar-refractivity contribution in [3.8, 4) is 11.5 Å². The summed E-state index contributed by atoms with van der Waals surface area (Å²) in [7, 11) is 0. The van der Waals surface area contributed by atoms with E-state index in [1.54, 1.807) is 12.3 Å². The third kappa shape index (κ3) is 4.20. The van der Waals surface area contributed by atoms with Crippen molar-refractivity contribution in [3.05, 3.63) is 51.7 Å². The summed E-state index contributed by atoms with van der Waals surface area (Å²) in [6.45, 7) is 2.07. The summed E-state index contributed by atoms with van der Waals surface area (Å²) in [6, 6.07) is 7.56. The van der Waals surface area contributed by atoms with E-state index in [9.17, 15) is 0 Å². The van der Waals surface area contributed by atoms with E-state index in [0.29, 0.717) is 16.5 Å². The van der Waals surface area contributed by atoms with Crippen LogP contribution in [0.1, 0.15) is 18.9 Å². The number of nitrogens with two attached hydrogens (primary N) is 1. The fourth-order valence-electron chi connectivity index (χ4n) is 1.76. The maximum absolute atomic E-state index is 6.11. The third-order valence-electron chi connectivity index (χ3n) is 2.91. The second-order valence-electron chi connectivity index (χ2n) is 4.58. The van der Waals surface area contributed by atoms with Crippen LogP contribution in [0.5, 0.6) is 11.5 Å². The van der Waals surface area contributed by atoms with Crippen molar-refractivity contribution in [2.45, 2.75) is 25.8 Å². The Hall–Kier alpha value is -1.10. The smallest absolute Gasteiger partial charge is 0.147 e. The Morgan fingerprint density at radius 2 is 2.15 bits per heavy atom. The highest BCUT2D eigenvalue weighted by molar-refractivity contribution is 9.10. The van der Waals surface area contributed by atoms with Crippen molar-refractivity contribution in [1.82, 2.24) is 4.98 Å². The molecule has 5 heteroatoms. The lowest BCUT2D eigenvalue weighted by atomic mass is 10.1. The molecule has 2 aromatic rings. The Morgan fingerprint density at radius 1 is 1.35 bits per heavy atom. The summed E-state index contributed by atoms with van der Waals surface area (Å²) in [5, 5.41) is 0.559. The Kier molecular flexibility index (Phi) is 5.40. The van der Waals surface area contributed by atoms with Crippen molar-refractivity contribution >= 4 is 27.5 Å². The van der Waals surface area contributed by atoms with E-state index in [0.717, 1.165) is 22.9 Å². The minimum Gasteiger partial charge on any atom is -0.454 e. The zero-order valence-electron chi connectivity index (χ0n) is 11.1. The van der Waals surface area contributed by atoms with Gasteiger partial charge in [-0.3, -0.25) is 4.98 Å². The standard InChI is InChI=1S/C15H16BrClN2O/c1-2-12(18)5-10-6-13(9-19-8-10)20-15-7-11(16)3-4-14(15)17/h3-4,6-9,12H,2,5,18H2,1H3. The average Bonchev–Trinajstić information content (AvgIpc) is 2.43. The maximum atomic E-state index is 6.11. The molecule has 0 aliphatic heterocycles. The van der Waals surface area contributed by atoms with Gasteiger partial charge in [0, 0.05) is 16.7 Å². The number of hydrogen-bond donors (Lipinski definition) is 1. The lowest BCUT2D eigenvalue weighted by Crippen LogP contribution is -2.21. The summed E-state index contributed by atoms with van der Waals surface area (Å²) in [6.07, 6.45) is 5.19. The van der Waals surface area contributed by atoms with Crippen LogP contribution in [-0.4, -0.2) is 11.0 Å². The van der Waals surface area contributed by atoms with Gasteiger partial charge in [0.05, 0.1) is 11.2 Å². The van der Waals surface area contributed by atoms with Crippen LogP contribution < -0.4 is 10.5 Å². The van der Waals surface area contributed by atoms with Gasteiger partial charge in [0.2, 0.25) is 0 Å². The minimum atomic E-state index is 0.140. The number of hydrogen-bond acceptors (Lipinski definition) is 3. The summed E-state index contributed by atoms with van der Waals surface area (Å²) in [5.74, 6) is 1.26. The molecule has 0 aliphatic carbocycles. The van der Waals surface area contributed by atoms with E-state index in [1.807, 2.05) is 24.4 Å². The molecule has 106 valence electrons. The molecule has 0 saturated heterocycles. The fraction of sp³-hybridized carbons (Fsp3) is 0.267. The third-order valence-corrected chi connectivity index (χ3v) is 3.72. The van der Waals surface area contributed by atoms with Gasteiger partial charge in [-0.15, -0.1) is 0 Å². The largest absolute Gasteiger partial charge is 0.454 e. The fourth-order valence-corrected chi connectivity index (χ4v) is 2.26. The molecule has 0 aliphatic rings. The Balaban J connectivity index is 2.17. The number of halogens is 2. The topological polar surface area (TPSA) is 48.1 Å². The number of aromatic nitrogens is 1. The molecule has 20 heavy (non-hydrogen) atoms. The second-order valence-corrected chi connectivity index (χ2v) is 5.90. The van der Waals surface area contributed by atoms with Crippen molar-refractivity contribution in [2.24, 2.45) is 5.73 Å². The number of nitrogens with zero attached hydrogens (tertiary/aromatic N) is 1. The molecule has 0 saturated carbocycles. The van der Waals surface area contributed by atoms with E-state index in [4.69, 9.17) is 22.1 Å². The molecular formula is C15H16BrClN2O. The first-order valence-electron chi connectivity index (χ1n) is 6.41. The van der Waals surface area contributed by atoms with Gasteiger partial charge in [0.25, 0.3) is 0 Å². The van der Waals surface area contributed by atoms with Gasteiger partial charge in [0.1, 0.15) is 11.5 Å². The number of pyridine rings is 1. The quantitative estimate of drug-likeness (QED) is 0.854. The summed E-state index contributed by atoms with van der Waals surface area (Å²) in [4.78, 5) is 4.18. The molecule has 2 N–H and O–H groups in total. The molecule has 1 unspecified atom stereocenters.